The first-order chi connectivity index (χ1) is 7.94. The lowest BCUT2D eigenvalue weighted by Gasteiger charge is -2.05. The second-order valence-electron chi connectivity index (χ2n) is 3.02. The van der Waals surface area contributed by atoms with Gasteiger partial charge in [0.1, 0.15) is 5.01 Å². The van der Waals surface area contributed by atoms with Crippen LogP contribution in [-0.4, -0.2) is 15.7 Å². The van der Waals surface area contributed by atoms with Crippen LogP contribution in [0.2, 0.25) is 0 Å². The lowest BCUT2D eigenvalue weighted by molar-refractivity contribution is -0.0328. The van der Waals surface area contributed by atoms with E-state index >= 15 is 0 Å². The summed E-state index contributed by atoms with van der Waals surface area (Å²) in [7, 11) is 0. The van der Waals surface area contributed by atoms with Crippen molar-refractivity contribution in [3.05, 3.63) is 24.3 Å². The Hall–Kier alpha value is -1.28. The van der Waals surface area contributed by atoms with Crippen LogP contribution in [0.25, 0.3) is 10.6 Å². The number of hydrogen-bond donors (Lipinski definition) is 1. The number of aromatic nitrogens is 2. The first-order valence-electron chi connectivity index (χ1n) is 4.39. The van der Waals surface area contributed by atoms with Crippen molar-refractivity contribution < 1.29 is 13.2 Å². The fourth-order valence-electron chi connectivity index (χ4n) is 1.15. The summed E-state index contributed by atoms with van der Waals surface area (Å²) in [5, 5.41) is 8.36. The summed E-state index contributed by atoms with van der Waals surface area (Å²) in [6.07, 6.45) is 0. The number of thioether (sulfide) groups is 1. The van der Waals surface area contributed by atoms with Crippen LogP contribution in [0.5, 0.6) is 0 Å². The zero-order chi connectivity index (χ0) is 12.5. The molecule has 2 N–H and O–H groups in total. The van der Waals surface area contributed by atoms with Crippen molar-refractivity contribution in [1.82, 2.24) is 10.2 Å². The van der Waals surface area contributed by atoms with Gasteiger partial charge in [-0.15, -0.1) is 10.2 Å². The van der Waals surface area contributed by atoms with Crippen molar-refractivity contribution in [2.75, 3.05) is 5.73 Å². The molecule has 1 aromatic carbocycles. The molecule has 0 aliphatic heterocycles. The van der Waals surface area contributed by atoms with Crippen molar-refractivity contribution in [2.24, 2.45) is 0 Å². The molecule has 1 aromatic heterocycles. The monoisotopic (exact) mass is 277 g/mol. The topological polar surface area (TPSA) is 51.8 Å². The van der Waals surface area contributed by atoms with E-state index in [1.54, 1.807) is 12.1 Å². The van der Waals surface area contributed by atoms with Gasteiger partial charge in [-0.05, 0) is 23.9 Å². The molecule has 17 heavy (non-hydrogen) atoms. The maximum absolute atomic E-state index is 12.1. The number of nitrogens with two attached hydrogens (primary N) is 1. The van der Waals surface area contributed by atoms with Crippen LogP contribution >= 0.6 is 23.1 Å². The number of rotatable bonds is 2. The van der Waals surface area contributed by atoms with Crippen LogP contribution in [0, 0.1) is 0 Å². The molecule has 0 saturated carbocycles. The number of hydrogen-bond acceptors (Lipinski definition) is 5. The third-order valence-corrected chi connectivity index (χ3v) is 3.32. The molecule has 90 valence electrons. The summed E-state index contributed by atoms with van der Waals surface area (Å²) in [5.41, 5.74) is 1.85. The van der Waals surface area contributed by atoms with Crippen LogP contribution in [0.3, 0.4) is 0 Å². The molecule has 0 spiro atoms. The Morgan fingerprint density at radius 2 is 1.76 bits per heavy atom. The van der Waals surface area contributed by atoms with Crippen LogP contribution in [-0.2, 0) is 0 Å². The molecule has 0 amide bonds. The van der Waals surface area contributed by atoms with Crippen molar-refractivity contribution in [1.29, 1.82) is 0 Å². The molecule has 1 heterocycles. The molecule has 0 radical (unpaired) electrons. The second kappa shape index (κ2) is 4.53. The summed E-state index contributed by atoms with van der Waals surface area (Å²) in [5.74, 6) is 0. The van der Waals surface area contributed by atoms with E-state index in [4.69, 9.17) is 5.73 Å². The molecule has 0 aliphatic rings. The molecule has 0 unspecified atom stereocenters. The summed E-state index contributed by atoms with van der Waals surface area (Å²) in [4.78, 5) is 0.138. The zero-order valence-corrected chi connectivity index (χ0v) is 9.86. The summed E-state index contributed by atoms with van der Waals surface area (Å²) >= 11 is 1.04. The minimum absolute atomic E-state index is 0.138. The predicted molar refractivity (Wildman–Crippen MR) is 61.7 cm³/mol. The summed E-state index contributed by atoms with van der Waals surface area (Å²) in [6.45, 7) is 0. The molecule has 3 nitrogen and oxygen atoms in total. The van der Waals surface area contributed by atoms with Gasteiger partial charge in [-0.1, -0.05) is 23.5 Å². The first-order valence-corrected chi connectivity index (χ1v) is 6.02. The highest BCUT2D eigenvalue weighted by molar-refractivity contribution is 8.00. The predicted octanol–water partition coefficient (Wildman–Crippen LogP) is 3.40. The lowest BCUT2D eigenvalue weighted by Crippen LogP contribution is -1.98. The number of anilines is 1. The van der Waals surface area contributed by atoms with Gasteiger partial charge in [0, 0.05) is 10.5 Å². The van der Waals surface area contributed by atoms with E-state index in [9.17, 15) is 13.2 Å². The van der Waals surface area contributed by atoms with Crippen molar-refractivity contribution >= 4 is 28.2 Å². The molecule has 0 aliphatic carbocycles. The van der Waals surface area contributed by atoms with Gasteiger partial charge < -0.3 is 5.73 Å². The molecular weight excluding hydrogens is 271 g/mol. The van der Waals surface area contributed by atoms with Crippen LogP contribution in [0.4, 0.5) is 18.3 Å². The average Bonchev–Trinajstić information content (AvgIpc) is 2.63. The van der Waals surface area contributed by atoms with Gasteiger partial charge >= 0.3 is 5.51 Å². The Morgan fingerprint density at radius 1 is 1.12 bits per heavy atom. The van der Waals surface area contributed by atoms with Crippen molar-refractivity contribution in [3.63, 3.8) is 0 Å². The van der Waals surface area contributed by atoms with E-state index in [1.807, 2.05) is 0 Å². The minimum Gasteiger partial charge on any atom is -0.374 e. The van der Waals surface area contributed by atoms with Gasteiger partial charge in [0.25, 0.3) is 0 Å². The fraction of sp³-hybridized carbons (Fsp3) is 0.111. The summed E-state index contributed by atoms with van der Waals surface area (Å²) < 4.78 is 36.3. The molecule has 0 fully saturated rings. The SMILES string of the molecule is Nc1nnc(-c2ccc(SC(F)(F)F)cc2)s1. The third kappa shape index (κ3) is 3.34. The fourth-order valence-corrected chi connectivity index (χ4v) is 2.31. The quantitative estimate of drug-likeness (QED) is 0.855. The van der Waals surface area contributed by atoms with Crippen molar-refractivity contribution in [3.8, 4) is 10.6 Å². The molecule has 8 heteroatoms. The van der Waals surface area contributed by atoms with Crippen molar-refractivity contribution in [2.45, 2.75) is 10.4 Å². The molecule has 0 bridgehead atoms. The molecule has 0 saturated heterocycles. The van der Waals surface area contributed by atoms with E-state index < -0.39 is 5.51 Å². The number of halogens is 3. The lowest BCUT2D eigenvalue weighted by atomic mass is 10.2. The smallest absolute Gasteiger partial charge is 0.374 e. The molecule has 2 rings (SSSR count). The number of nitrogens with zero attached hydrogens (tertiary/aromatic N) is 2. The highest BCUT2D eigenvalue weighted by Crippen LogP contribution is 2.37. The van der Waals surface area contributed by atoms with Gasteiger partial charge in [0.2, 0.25) is 5.13 Å². The van der Waals surface area contributed by atoms with E-state index in [2.05, 4.69) is 10.2 Å². The zero-order valence-electron chi connectivity index (χ0n) is 8.23. The highest BCUT2D eigenvalue weighted by Gasteiger charge is 2.29. The Balaban J connectivity index is 2.19. The van der Waals surface area contributed by atoms with Crippen LogP contribution in [0.15, 0.2) is 29.2 Å². The number of nitrogen functional groups attached to an aromatic ring is 1. The van der Waals surface area contributed by atoms with E-state index in [0.29, 0.717) is 15.7 Å². The average molecular weight is 277 g/mol. The van der Waals surface area contributed by atoms with Gasteiger partial charge in [-0.3, -0.25) is 0 Å². The normalized spacial score (nSPS) is 11.7. The van der Waals surface area contributed by atoms with Gasteiger partial charge in [0.15, 0.2) is 0 Å². The largest absolute Gasteiger partial charge is 0.446 e. The molecular formula is C9H6F3N3S2. The van der Waals surface area contributed by atoms with E-state index in [1.165, 1.54) is 23.5 Å². The Bertz CT molecular complexity index is 507. The minimum atomic E-state index is -4.27. The second-order valence-corrected chi connectivity index (χ2v) is 5.17. The Kier molecular flexibility index (Phi) is 3.25. The third-order valence-electron chi connectivity index (χ3n) is 1.78. The maximum atomic E-state index is 12.1. The van der Waals surface area contributed by atoms with Crippen LogP contribution in [0.1, 0.15) is 0 Å². The van der Waals surface area contributed by atoms with Gasteiger partial charge in [-0.25, -0.2) is 0 Å². The number of benzene rings is 1. The molecule has 0 atom stereocenters. The van der Waals surface area contributed by atoms with Gasteiger partial charge in [0.05, 0.1) is 0 Å². The van der Waals surface area contributed by atoms with E-state index in [0.717, 1.165) is 0 Å². The standard InChI is InChI=1S/C9H6F3N3S2/c10-9(11,12)17-6-3-1-5(2-4-6)7-14-15-8(13)16-7/h1-4H,(H2,13,15). The Morgan fingerprint density at radius 3 is 2.24 bits per heavy atom. The number of alkyl halides is 3. The first kappa shape index (κ1) is 12.2. The Labute approximate surface area is 103 Å². The van der Waals surface area contributed by atoms with Gasteiger partial charge in [-0.2, -0.15) is 13.2 Å². The molecule has 2 aromatic rings. The summed E-state index contributed by atoms with van der Waals surface area (Å²) in [6, 6.07) is 5.91. The maximum Gasteiger partial charge on any atom is 0.446 e. The van der Waals surface area contributed by atoms with E-state index in [-0.39, 0.29) is 16.7 Å². The highest BCUT2D eigenvalue weighted by atomic mass is 32.2. The van der Waals surface area contributed by atoms with Crippen LogP contribution < -0.4 is 5.73 Å².